The van der Waals surface area contributed by atoms with Crippen LogP contribution >= 0.6 is 15.2 Å². The monoisotopic (exact) mass is 358 g/mol. The molecule has 0 unspecified atom stereocenters. The average Bonchev–Trinajstić information content (AvgIpc) is 2.55. The van der Waals surface area contributed by atoms with Gasteiger partial charge in [-0.05, 0) is 0 Å². The molecule has 0 radical (unpaired) electrons. The highest BCUT2D eigenvalue weighted by Gasteiger charge is 2.35. The first kappa shape index (κ1) is 20.8. The van der Waals surface area contributed by atoms with E-state index in [2.05, 4.69) is 39.4 Å². The smallest absolute Gasteiger partial charge is 0.437 e. The quantitative estimate of drug-likeness (QED) is 0.471. The molecule has 0 saturated heterocycles. The van der Waals surface area contributed by atoms with Gasteiger partial charge >= 0.3 is 26.6 Å². The Labute approximate surface area is 127 Å². The summed E-state index contributed by atoms with van der Waals surface area (Å²) in [7, 11) is -3.80. The minimum atomic E-state index is -3.96. The van der Waals surface area contributed by atoms with Gasteiger partial charge in [-0.3, -0.25) is 0 Å². The molecule has 0 aliphatic carbocycles. The number of hydrogen-bond acceptors (Lipinski definition) is 10. The molecule has 0 fully saturated rings. The molecular formula is C10H16O10P2. The van der Waals surface area contributed by atoms with E-state index >= 15 is 0 Å². The summed E-state index contributed by atoms with van der Waals surface area (Å²) in [5.41, 5.74) is -2.40. The summed E-state index contributed by atoms with van der Waals surface area (Å²) in [6.07, 6.45) is 0. The van der Waals surface area contributed by atoms with Crippen molar-refractivity contribution in [1.82, 2.24) is 0 Å². The van der Waals surface area contributed by atoms with Crippen molar-refractivity contribution in [2.75, 3.05) is 41.7 Å². The molecule has 0 amide bonds. The van der Waals surface area contributed by atoms with Gasteiger partial charge in [-0.1, -0.05) is 11.8 Å². The fraction of sp³-hybridized carbons (Fsp3) is 0.600. The van der Waals surface area contributed by atoms with Crippen molar-refractivity contribution in [2.45, 2.75) is 0 Å². The van der Waals surface area contributed by atoms with Gasteiger partial charge in [0.05, 0.1) is 0 Å². The van der Waals surface area contributed by atoms with Crippen molar-refractivity contribution in [3.8, 4) is 11.8 Å². The molecular weight excluding hydrogens is 342 g/mol. The molecule has 0 aromatic heterocycles. The van der Waals surface area contributed by atoms with Crippen LogP contribution in [0.5, 0.6) is 0 Å². The van der Waals surface area contributed by atoms with Crippen molar-refractivity contribution < 1.29 is 46.3 Å². The summed E-state index contributed by atoms with van der Waals surface area (Å²) in [6.45, 7) is -0.862. The summed E-state index contributed by atoms with van der Waals surface area (Å²) in [5.74, 6) is 4.61. The van der Waals surface area contributed by atoms with E-state index in [0.29, 0.717) is 0 Å². The Morgan fingerprint density at radius 3 is 1.23 bits per heavy atom. The van der Waals surface area contributed by atoms with Crippen LogP contribution in [0.1, 0.15) is 0 Å². The molecule has 0 aromatic rings. The van der Waals surface area contributed by atoms with E-state index in [1.807, 2.05) is 0 Å². The summed E-state index contributed by atoms with van der Waals surface area (Å²) >= 11 is 0. The predicted octanol–water partition coefficient (Wildman–Crippen LogP) is 2.23. The van der Waals surface area contributed by atoms with Crippen molar-refractivity contribution in [1.29, 1.82) is 0 Å². The van der Waals surface area contributed by atoms with Crippen LogP contribution in [0.15, 0.2) is 0 Å². The van der Waals surface area contributed by atoms with Crippen molar-refractivity contribution in [3.05, 3.63) is 0 Å². The van der Waals surface area contributed by atoms with Gasteiger partial charge in [0, 0.05) is 28.4 Å². The number of carbonyl (C=O) groups excluding carboxylic acids is 2. The normalized spacial score (nSPS) is 11.3. The van der Waals surface area contributed by atoms with Gasteiger partial charge in [-0.15, -0.1) is 0 Å². The maximum Gasteiger partial charge on any atom is 0.437 e. The first-order chi connectivity index (χ1) is 10.3. The van der Waals surface area contributed by atoms with Crippen LogP contribution < -0.4 is 0 Å². The highest BCUT2D eigenvalue weighted by Crippen LogP contribution is 2.48. The number of hydrogen-bond donors (Lipinski definition) is 0. The zero-order valence-corrected chi connectivity index (χ0v) is 14.2. The first-order valence-electron chi connectivity index (χ1n) is 5.53. The second kappa shape index (κ2) is 9.74. The van der Waals surface area contributed by atoms with Crippen LogP contribution in [-0.2, 0) is 36.7 Å². The molecule has 10 nitrogen and oxygen atoms in total. The predicted molar refractivity (Wildman–Crippen MR) is 73.7 cm³/mol. The van der Waals surface area contributed by atoms with E-state index in [4.69, 9.17) is 0 Å². The Kier molecular flexibility index (Phi) is 9.21. The molecule has 0 aromatic carbocycles. The third-order valence-electron chi connectivity index (χ3n) is 2.07. The zero-order chi connectivity index (χ0) is 17.2. The maximum absolute atomic E-state index is 11.5. The molecule has 0 heterocycles. The van der Waals surface area contributed by atoms with Crippen LogP contribution in [0.2, 0.25) is 0 Å². The summed E-state index contributed by atoms with van der Waals surface area (Å²) in [5, 5.41) is 0. The average molecular weight is 358 g/mol. The van der Waals surface area contributed by atoms with Crippen molar-refractivity contribution in [3.63, 3.8) is 0 Å². The second-order valence-corrected chi connectivity index (χ2v) is 7.37. The Bertz CT molecular complexity index is 484. The van der Waals surface area contributed by atoms with Gasteiger partial charge in [-0.2, -0.15) is 0 Å². The molecule has 0 aliphatic heterocycles. The third kappa shape index (κ3) is 5.89. The van der Waals surface area contributed by atoms with Crippen LogP contribution in [0.25, 0.3) is 0 Å². The Morgan fingerprint density at radius 2 is 1.00 bits per heavy atom. The van der Waals surface area contributed by atoms with Gasteiger partial charge in [0.25, 0.3) is 0 Å². The van der Waals surface area contributed by atoms with E-state index in [1.165, 1.54) is 0 Å². The summed E-state index contributed by atoms with van der Waals surface area (Å²) in [6, 6.07) is 0. The SMILES string of the molecule is COP(=O)(OC)C(=O)OCC#CCOC(=O)P(=O)(OC)OC. The van der Waals surface area contributed by atoms with Crippen molar-refractivity contribution >= 4 is 26.6 Å². The highest BCUT2D eigenvalue weighted by atomic mass is 31.2. The van der Waals surface area contributed by atoms with E-state index in [1.54, 1.807) is 0 Å². The zero-order valence-electron chi connectivity index (χ0n) is 12.4. The van der Waals surface area contributed by atoms with Gasteiger partial charge in [0.2, 0.25) is 0 Å². The van der Waals surface area contributed by atoms with E-state index < -0.39 is 39.8 Å². The lowest BCUT2D eigenvalue weighted by Crippen LogP contribution is -2.08. The molecule has 12 heteroatoms. The maximum atomic E-state index is 11.5. The van der Waals surface area contributed by atoms with Crippen LogP contribution in [0.3, 0.4) is 0 Å². The molecule has 126 valence electrons. The highest BCUT2D eigenvalue weighted by molar-refractivity contribution is 7.71. The lowest BCUT2D eigenvalue weighted by molar-refractivity contribution is 0.167. The number of ether oxygens (including phenoxy) is 2. The molecule has 0 aliphatic rings. The summed E-state index contributed by atoms with van der Waals surface area (Å²) < 4.78 is 49.8. The van der Waals surface area contributed by atoms with Gasteiger partial charge in [0.1, 0.15) is 0 Å². The molecule has 0 spiro atoms. The van der Waals surface area contributed by atoms with Gasteiger partial charge in [0.15, 0.2) is 13.2 Å². The number of carbonyl (C=O) groups is 2. The van der Waals surface area contributed by atoms with Crippen LogP contribution in [-0.4, -0.2) is 53.1 Å². The topological polar surface area (TPSA) is 124 Å². The Morgan fingerprint density at radius 1 is 0.727 bits per heavy atom. The minimum Gasteiger partial charge on any atom is -0.443 e. The van der Waals surface area contributed by atoms with E-state index in [0.717, 1.165) is 28.4 Å². The Balaban J connectivity index is 4.26. The third-order valence-corrected chi connectivity index (χ3v) is 5.14. The lowest BCUT2D eigenvalue weighted by atomic mass is 10.6. The molecule has 22 heavy (non-hydrogen) atoms. The van der Waals surface area contributed by atoms with Crippen molar-refractivity contribution in [2.24, 2.45) is 0 Å². The number of rotatable bonds is 8. The standard InChI is InChI=1S/C10H16O10P2/c1-15-21(13,16-2)9(11)19-7-5-6-8-20-10(12)22(14,17-3)18-4/h7-8H2,1-4H3. The van der Waals surface area contributed by atoms with Crippen LogP contribution in [0.4, 0.5) is 9.59 Å². The summed E-state index contributed by atoms with van der Waals surface area (Å²) in [4.78, 5) is 22.6. The Hall–Kier alpha value is -1.20. The van der Waals surface area contributed by atoms with E-state index in [9.17, 15) is 18.7 Å². The molecule has 0 atom stereocenters. The minimum absolute atomic E-state index is 0.431. The fourth-order valence-electron chi connectivity index (χ4n) is 0.903. The van der Waals surface area contributed by atoms with Gasteiger partial charge in [-0.25, -0.2) is 18.7 Å². The fourth-order valence-corrected chi connectivity index (χ4v) is 2.24. The van der Waals surface area contributed by atoms with E-state index in [-0.39, 0.29) is 0 Å². The molecule has 0 saturated carbocycles. The first-order valence-corrected chi connectivity index (χ1v) is 8.61. The molecule has 0 rings (SSSR count). The molecule has 0 N–H and O–H groups in total. The van der Waals surface area contributed by atoms with Crippen LogP contribution in [0, 0.1) is 11.8 Å². The lowest BCUT2D eigenvalue weighted by Gasteiger charge is -2.10. The molecule has 0 bridgehead atoms. The second-order valence-electron chi connectivity index (χ2n) is 3.19. The largest absolute Gasteiger partial charge is 0.443 e. The van der Waals surface area contributed by atoms with Gasteiger partial charge < -0.3 is 27.6 Å².